The highest BCUT2D eigenvalue weighted by atomic mass is 16.6. The third-order valence-electron chi connectivity index (χ3n) is 3.44. The maximum absolute atomic E-state index is 11.0. The first-order chi connectivity index (χ1) is 9.16. The van der Waals surface area contributed by atoms with Crippen molar-refractivity contribution in [3.8, 4) is 0 Å². The molecule has 0 saturated carbocycles. The van der Waals surface area contributed by atoms with Crippen molar-refractivity contribution >= 4 is 16.7 Å². The molecule has 3 rings (SSSR count). The molecule has 1 aliphatic heterocycles. The average Bonchev–Trinajstić information content (AvgIpc) is 2.83. The number of nitro groups is 1. The van der Waals surface area contributed by atoms with E-state index in [1.54, 1.807) is 10.7 Å². The summed E-state index contributed by atoms with van der Waals surface area (Å²) in [7, 11) is 2.08. The number of para-hydroxylation sites is 1. The molecule has 1 aliphatic rings. The number of hydrogen-bond acceptors (Lipinski definition) is 5. The number of fused-ring (bicyclic) bond motifs is 1. The lowest BCUT2D eigenvalue weighted by Gasteiger charge is -2.34. The van der Waals surface area contributed by atoms with Gasteiger partial charge >= 0.3 is 0 Å². The summed E-state index contributed by atoms with van der Waals surface area (Å²) in [5, 5.41) is 13.1. The fourth-order valence-corrected chi connectivity index (χ4v) is 2.32. The van der Waals surface area contributed by atoms with Crippen LogP contribution in [0.1, 0.15) is 0 Å². The predicted octanol–water partition coefficient (Wildman–Crippen LogP) is 0.628. The lowest BCUT2D eigenvalue weighted by atomic mass is 10.3. The summed E-state index contributed by atoms with van der Waals surface area (Å²) in [6.45, 7) is 3.65. The molecule has 1 radical (unpaired) electrons. The van der Waals surface area contributed by atoms with Gasteiger partial charge in [0, 0.05) is 32.2 Å². The van der Waals surface area contributed by atoms with Crippen LogP contribution in [0, 0.1) is 16.4 Å². The molecule has 0 atom stereocenters. The van der Waals surface area contributed by atoms with Gasteiger partial charge in [0.2, 0.25) is 0 Å². The van der Waals surface area contributed by atoms with Gasteiger partial charge in [0.15, 0.2) is 11.8 Å². The van der Waals surface area contributed by atoms with Crippen LogP contribution in [0.3, 0.4) is 0 Å². The number of aromatic nitrogens is 2. The average molecular weight is 260 g/mol. The SMILES string of the molecule is CN1CCN(n2[c]nc3c([N+](=O)[O-])cccc32)CC1. The Hall–Kier alpha value is -2.15. The standard InChI is InChI=1S/C12H14N5O2/c1-14-5-7-15(8-6-14)16-9-13-12-10(16)3-2-4-11(12)17(18)19/h2-4H,5-8H2,1H3. The van der Waals surface area contributed by atoms with Crippen LogP contribution in [-0.4, -0.2) is 52.7 Å². The first-order valence-electron chi connectivity index (χ1n) is 6.14. The van der Waals surface area contributed by atoms with Gasteiger partial charge in [-0.15, -0.1) is 0 Å². The molecule has 19 heavy (non-hydrogen) atoms. The zero-order valence-corrected chi connectivity index (χ0v) is 10.6. The number of rotatable bonds is 2. The van der Waals surface area contributed by atoms with Crippen LogP contribution >= 0.6 is 0 Å². The molecule has 0 N–H and O–H groups in total. The van der Waals surface area contributed by atoms with Crippen molar-refractivity contribution in [3.05, 3.63) is 34.6 Å². The minimum Gasteiger partial charge on any atom is -0.308 e. The third-order valence-corrected chi connectivity index (χ3v) is 3.44. The van der Waals surface area contributed by atoms with E-state index < -0.39 is 4.92 Å². The Morgan fingerprint density at radius 1 is 1.32 bits per heavy atom. The molecule has 0 bridgehead atoms. The second-order valence-corrected chi connectivity index (χ2v) is 4.68. The number of nitrogens with zero attached hydrogens (tertiary/aromatic N) is 5. The van der Waals surface area contributed by atoms with E-state index in [-0.39, 0.29) is 5.69 Å². The van der Waals surface area contributed by atoms with Gasteiger partial charge in [0.05, 0.1) is 10.4 Å². The number of benzene rings is 1. The predicted molar refractivity (Wildman–Crippen MR) is 70.7 cm³/mol. The number of hydrogen-bond donors (Lipinski definition) is 0. The largest absolute Gasteiger partial charge is 0.308 e. The highest BCUT2D eigenvalue weighted by Crippen LogP contribution is 2.23. The van der Waals surface area contributed by atoms with E-state index in [2.05, 4.69) is 28.3 Å². The van der Waals surface area contributed by atoms with Gasteiger partial charge in [0.25, 0.3) is 5.69 Å². The van der Waals surface area contributed by atoms with Crippen LogP contribution in [0.4, 0.5) is 5.69 Å². The number of likely N-dealkylation sites (N-methyl/N-ethyl adjacent to an activating group) is 1. The molecule has 0 spiro atoms. The lowest BCUT2D eigenvalue weighted by Crippen LogP contribution is -2.49. The number of imidazole rings is 1. The Morgan fingerprint density at radius 3 is 2.74 bits per heavy atom. The molecular weight excluding hydrogens is 246 g/mol. The van der Waals surface area contributed by atoms with E-state index in [1.165, 1.54) is 6.07 Å². The fraction of sp³-hybridized carbons (Fsp3) is 0.417. The second-order valence-electron chi connectivity index (χ2n) is 4.68. The van der Waals surface area contributed by atoms with Gasteiger partial charge in [-0.2, -0.15) is 0 Å². The Labute approximate surface area is 110 Å². The molecule has 1 fully saturated rings. The molecule has 2 heterocycles. The van der Waals surface area contributed by atoms with Crippen LogP contribution in [0.5, 0.6) is 0 Å². The maximum atomic E-state index is 11.0. The summed E-state index contributed by atoms with van der Waals surface area (Å²) < 4.78 is 1.80. The Morgan fingerprint density at radius 2 is 2.05 bits per heavy atom. The fourth-order valence-electron chi connectivity index (χ4n) is 2.32. The van der Waals surface area contributed by atoms with E-state index in [9.17, 15) is 10.1 Å². The summed E-state index contributed by atoms with van der Waals surface area (Å²) in [4.78, 5) is 16.9. The van der Waals surface area contributed by atoms with Gasteiger partial charge in [0.1, 0.15) is 0 Å². The Balaban J connectivity index is 2.01. The summed E-state index contributed by atoms with van der Waals surface area (Å²) in [6.07, 6.45) is 2.86. The Bertz CT molecular complexity index is 616. The van der Waals surface area contributed by atoms with Gasteiger partial charge in [-0.25, -0.2) is 9.66 Å². The van der Waals surface area contributed by atoms with Crippen LogP contribution in [-0.2, 0) is 0 Å². The zero-order valence-electron chi connectivity index (χ0n) is 10.6. The van der Waals surface area contributed by atoms with Crippen molar-refractivity contribution in [2.45, 2.75) is 0 Å². The first kappa shape index (κ1) is 11.9. The number of non-ortho nitro benzene ring substituents is 1. The van der Waals surface area contributed by atoms with Gasteiger partial charge in [-0.1, -0.05) is 6.07 Å². The zero-order chi connectivity index (χ0) is 13.4. The first-order valence-corrected chi connectivity index (χ1v) is 6.14. The molecule has 2 aromatic rings. The van der Waals surface area contributed by atoms with Crippen molar-refractivity contribution in [1.29, 1.82) is 0 Å². The van der Waals surface area contributed by atoms with Gasteiger partial charge in [-0.05, 0) is 13.1 Å². The van der Waals surface area contributed by atoms with Crippen LogP contribution in [0.15, 0.2) is 18.2 Å². The van der Waals surface area contributed by atoms with Crippen molar-refractivity contribution < 1.29 is 4.92 Å². The maximum Gasteiger partial charge on any atom is 0.297 e. The molecule has 0 unspecified atom stereocenters. The summed E-state index contributed by atoms with van der Waals surface area (Å²) in [6, 6.07) is 4.99. The smallest absolute Gasteiger partial charge is 0.297 e. The summed E-state index contributed by atoms with van der Waals surface area (Å²) in [5.74, 6) is 0. The third kappa shape index (κ3) is 2.01. The van der Waals surface area contributed by atoms with Crippen molar-refractivity contribution in [2.75, 3.05) is 38.2 Å². The quantitative estimate of drug-likeness (QED) is 0.585. The minimum absolute atomic E-state index is 0.0293. The second kappa shape index (κ2) is 4.51. The molecule has 1 aromatic heterocycles. The van der Waals surface area contributed by atoms with Crippen LogP contribution in [0.25, 0.3) is 11.0 Å². The molecule has 0 aliphatic carbocycles. The molecule has 7 heteroatoms. The highest BCUT2D eigenvalue weighted by molar-refractivity contribution is 5.84. The lowest BCUT2D eigenvalue weighted by molar-refractivity contribution is -0.383. The summed E-state index contributed by atoms with van der Waals surface area (Å²) in [5.41, 5.74) is 1.16. The monoisotopic (exact) mass is 260 g/mol. The van der Waals surface area contributed by atoms with Crippen molar-refractivity contribution in [3.63, 3.8) is 0 Å². The Kier molecular flexibility index (Phi) is 2.83. The minimum atomic E-state index is -0.405. The van der Waals surface area contributed by atoms with Gasteiger partial charge < -0.3 is 9.91 Å². The topological polar surface area (TPSA) is 67.4 Å². The van der Waals surface area contributed by atoms with Crippen LogP contribution in [0.2, 0.25) is 0 Å². The number of piperazine rings is 1. The summed E-state index contributed by atoms with van der Waals surface area (Å²) >= 11 is 0. The molecule has 7 nitrogen and oxygen atoms in total. The molecular formula is C12H14N5O2. The molecule has 1 saturated heterocycles. The molecule has 0 amide bonds. The van der Waals surface area contributed by atoms with Crippen LogP contribution < -0.4 is 5.01 Å². The van der Waals surface area contributed by atoms with Crippen molar-refractivity contribution in [2.24, 2.45) is 0 Å². The van der Waals surface area contributed by atoms with Gasteiger partial charge in [-0.3, -0.25) is 10.1 Å². The van der Waals surface area contributed by atoms with Crippen molar-refractivity contribution in [1.82, 2.24) is 14.6 Å². The van der Waals surface area contributed by atoms with E-state index in [0.29, 0.717) is 5.52 Å². The molecule has 99 valence electrons. The number of nitro benzene ring substituents is 1. The van der Waals surface area contributed by atoms with E-state index in [1.807, 2.05) is 6.07 Å². The highest BCUT2D eigenvalue weighted by Gasteiger charge is 2.20. The van der Waals surface area contributed by atoms with E-state index >= 15 is 0 Å². The van der Waals surface area contributed by atoms with E-state index in [0.717, 1.165) is 31.7 Å². The molecule has 1 aromatic carbocycles. The normalized spacial score (nSPS) is 17.0. The van der Waals surface area contributed by atoms with E-state index in [4.69, 9.17) is 0 Å².